The first-order chi connectivity index (χ1) is 12.8. The van der Waals surface area contributed by atoms with E-state index in [-0.39, 0.29) is 11.9 Å². The maximum absolute atomic E-state index is 13.2. The van der Waals surface area contributed by atoms with E-state index in [1.807, 2.05) is 23.1 Å². The molecule has 3 aromatic rings. The molecule has 7 heteroatoms. The van der Waals surface area contributed by atoms with Crippen LogP contribution in [0.25, 0.3) is 11.5 Å². The van der Waals surface area contributed by atoms with Crippen molar-refractivity contribution in [1.82, 2.24) is 15.1 Å². The number of rotatable bonds is 6. The molecule has 0 aliphatic carbocycles. The van der Waals surface area contributed by atoms with Crippen molar-refractivity contribution in [2.45, 2.75) is 25.3 Å². The number of furan rings is 1. The summed E-state index contributed by atoms with van der Waals surface area (Å²) in [7, 11) is 0. The average Bonchev–Trinajstić information content (AvgIpc) is 3.43. The van der Waals surface area contributed by atoms with Crippen molar-refractivity contribution >= 4 is 17.2 Å². The third kappa shape index (κ3) is 3.73. The maximum atomic E-state index is 13.2. The Bertz CT molecular complexity index is 820. The predicted octanol–water partition coefficient (Wildman–Crippen LogP) is 3.60. The molecule has 1 fully saturated rings. The molecule has 6 nitrogen and oxygen atoms in total. The summed E-state index contributed by atoms with van der Waals surface area (Å²) in [5, 5.41) is 9.20. The smallest absolute Gasteiger partial charge is 0.274 e. The van der Waals surface area contributed by atoms with Crippen LogP contribution in [-0.4, -0.2) is 46.8 Å². The zero-order chi connectivity index (χ0) is 17.8. The summed E-state index contributed by atoms with van der Waals surface area (Å²) in [6.07, 6.45) is 4.19. The Morgan fingerprint density at radius 2 is 2.19 bits per heavy atom. The first-order valence-electron chi connectivity index (χ1n) is 8.81. The first-order valence-corrected chi connectivity index (χ1v) is 9.69. The lowest BCUT2D eigenvalue weighted by molar-refractivity contribution is 0.0290. The van der Waals surface area contributed by atoms with Crippen LogP contribution in [0.4, 0.5) is 0 Å². The van der Waals surface area contributed by atoms with E-state index in [0.29, 0.717) is 36.9 Å². The highest BCUT2D eigenvalue weighted by atomic mass is 32.1. The Labute approximate surface area is 155 Å². The van der Waals surface area contributed by atoms with Gasteiger partial charge in [0.05, 0.1) is 6.26 Å². The molecule has 4 rings (SSSR count). The van der Waals surface area contributed by atoms with Crippen molar-refractivity contribution in [3.8, 4) is 11.5 Å². The highest BCUT2D eigenvalue weighted by Gasteiger charge is 2.28. The van der Waals surface area contributed by atoms with Gasteiger partial charge in [0.15, 0.2) is 11.5 Å². The molecule has 3 aromatic heterocycles. The molecule has 0 radical (unpaired) electrons. The van der Waals surface area contributed by atoms with Gasteiger partial charge in [-0.15, -0.1) is 11.3 Å². The number of ether oxygens (including phenoxy) is 1. The van der Waals surface area contributed by atoms with Crippen LogP contribution in [0.2, 0.25) is 0 Å². The van der Waals surface area contributed by atoms with E-state index in [0.717, 1.165) is 19.3 Å². The molecular formula is C19H21N3O3S. The standard InChI is InChI=1S/C19H21N3O3S/c23-19(17-13-16(20-21-17)18-4-1-9-25-18)22(14-6-10-24-11-7-14)8-5-15-3-2-12-26-15/h1-4,9,12-14H,5-8,10-11H2,(H,20,21). The van der Waals surface area contributed by atoms with E-state index < -0.39 is 0 Å². The van der Waals surface area contributed by atoms with Gasteiger partial charge in [-0.3, -0.25) is 9.89 Å². The number of hydrogen-bond acceptors (Lipinski definition) is 5. The Balaban J connectivity index is 1.52. The minimum Gasteiger partial charge on any atom is -0.463 e. The topological polar surface area (TPSA) is 71.4 Å². The van der Waals surface area contributed by atoms with Gasteiger partial charge in [0.2, 0.25) is 0 Å². The first kappa shape index (κ1) is 17.1. The summed E-state index contributed by atoms with van der Waals surface area (Å²) in [6.45, 7) is 2.09. The molecule has 0 saturated carbocycles. The highest BCUT2D eigenvalue weighted by Crippen LogP contribution is 2.22. The molecular weight excluding hydrogens is 350 g/mol. The number of aromatic nitrogens is 2. The number of carbonyl (C=O) groups excluding carboxylic acids is 1. The molecule has 0 bridgehead atoms. The summed E-state index contributed by atoms with van der Waals surface area (Å²) in [4.78, 5) is 16.4. The highest BCUT2D eigenvalue weighted by molar-refractivity contribution is 7.09. The van der Waals surface area contributed by atoms with E-state index >= 15 is 0 Å². The van der Waals surface area contributed by atoms with Crippen molar-refractivity contribution in [2.24, 2.45) is 0 Å². The predicted molar refractivity (Wildman–Crippen MR) is 99.2 cm³/mol. The minimum absolute atomic E-state index is 0.0393. The van der Waals surface area contributed by atoms with Crippen molar-refractivity contribution in [3.05, 3.63) is 52.5 Å². The normalized spacial score (nSPS) is 15.2. The van der Waals surface area contributed by atoms with Gasteiger partial charge in [-0.05, 0) is 42.8 Å². The van der Waals surface area contributed by atoms with Crippen LogP contribution in [-0.2, 0) is 11.2 Å². The second-order valence-corrected chi connectivity index (χ2v) is 7.35. The van der Waals surface area contributed by atoms with Crippen molar-refractivity contribution < 1.29 is 13.9 Å². The van der Waals surface area contributed by atoms with E-state index in [9.17, 15) is 4.79 Å². The third-order valence-electron chi connectivity index (χ3n) is 4.66. The summed E-state index contributed by atoms with van der Waals surface area (Å²) < 4.78 is 10.8. The molecule has 0 unspecified atom stereocenters. The fraction of sp³-hybridized carbons (Fsp3) is 0.368. The number of nitrogens with zero attached hydrogens (tertiary/aromatic N) is 2. The van der Waals surface area contributed by atoms with Crippen molar-refractivity contribution in [1.29, 1.82) is 0 Å². The van der Waals surface area contributed by atoms with Gasteiger partial charge in [0.1, 0.15) is 5.69 Å². The molecule has 4 heterocycles. The van der Waals surface area contributed by atoms with E-state index in [1.165, 1.54) is 4.88 Å². The summed E-state index contributed by atoms with van der Waals surface area (Å²) in [5.41, 5.74) is 1.14. The van der Waals surface area contributed by atoms with Crippen LogP contribution >= 0.6 is 11.3 Å². The number of amides is 1. The van der Waals surface area contributed by atoms with Crippen LogP contribution in [0, 0.1) is 0 Å². The second kappa shape index (κ2) is 7.88. The third-order valence-corrected chi connectivity index (χ3v) is 5.59. The lowest BCUT2D eigenvalue weighted by Gasteiger charge is -2.34. The van der Waals surface area contributed by atoms with Gasteiger partial charge < -0.3 is 14.1 Å². The Kier molecular flexibility index (Phi) is 5.17. The fourth-order valence-electron chi connectivity index (χ4n) is 3.27. The molecule has 0 spiro atoms. The van der Waals surface area contributed by atoms with Gasteiger partial charge in [0.25, 0.3) is 5.91 Å². The number of H-pyrrole nitrogens is 1. The Morgan fingerprint density at radius 1 is 1.31 bits per heavy atom. The molecule has 0 atom stereocenters. The summed E-state index contributed by atoms with van der Waals surface area (Å²) in [5.74, 6) is 0.635. The largest absolute Gasteiger partial charge is 0.463 e. The summed E-state index contributed by atoms with van der Waals surface area (Å²) in [6, 6.07) is 9.77. The Morgan fingerprint density at radius 3 is 2.92 bits per heavy atom. The lowest BCUT2D eigenvalue weighted by atomic mass is 10.1. The van der Waals surface area contributed by atoms with Crippen LogP contribution in [0.1, 0.15) is 28.2 Å². The SMILES string of the molecule is O=C(c1cc(-c2ccco2)[nH]n1)N(CCc1cccs1)C1CCOCC1. The van der Waals surface area contributed by atoms with Crippen molar-refractivity contribution in [3.63, 3.8) is 0 Å². The Hall–Kier alpha value is -2.38. The minimum atomic E-state index is -0.0393. The molecule has 26 heavy (non-hydrogen) atoms. The maximum Gasteiger partial charge on any atom is 0.274 e. The number of hydrogen-bond donors (Lipinski definition) is 1. The number of thiophene rings is 1. The average molecular weight is 371 g/mol. The van der Waals surface area contributed by atoms with Gasteiger partial charge in [-0.1, -0.05) is 6.07 Å². The van der Waals surface area contributed by atoms with Crippen LogP contribution in [0.15, 0.2) is 46.4 Å². The second-order valence-electron chi connectivity index (χ2n) is 6.32. The fourth-order valence-corrected chi connectivity index (χ4v) is 3.97. The molecule has 1 amide bonds. The molecule has 0 aromatic carbocycles. The van der Waals surface area contributed by atoms with Gasteiger partial charge >= 0.3 is 0 Å². The quantitative estimate of drug-likeness (QED) is 0.719. The zero-order valence-electron chi connectivity index (χ0n) is 14.4. The number of carbonyl (C=O) groups is 1. The van der Waals surface area contributed by atoms with Crippen LogP contribution in [0.3, 0.4) is 0 Å². The van der Waals surface area contributed by atoms with Crippen molar-refractivity contribution in [2.75, 3.05) is 19.8 Å². The number of aromatic amines is 1. The lowest BCUT2D eigenvalue weighted by Crippen LogP contribution is -2.44. The summed E-state index contributed by atoms with van der Waals surface area (Å²) >= 11 is 1.72. The van der Waals surface area contributed by atoms with E-state index in [2.05, 4.69) is 21.6 Å². The number of nitrogens with one attached hydrogen (secondary N) is 1. The molecule has 1 saturated heterocycles. The molecule has 136 valence electrons. The monoisotopic (exact) mass is 371 g/mol. The van der Waals surface area contributed by atoms with E-state index in [4.69, 9.17) is 9.15 Å². The van der Waals surface area contributed by atoms with Gasteiger partial charge in [-0.25, -0.2) is 0 Å². The van der Waals surface area contributed by atoms with Crippen LogP contribution in [0.5, 0.6) is 0 Å². The zero-order valence-corrected chi connectivity index (χ0v) is 15.2. The molecule has 1 aliphatic rings. The van der Waals surface area contributed by atoms with Crippen LogP contribution < -0.4 is 0 Å². The van der Waals surface area contributed by atoms with Gasteiger partial charge in [-0.2, -0.15) is 5.10 Å². The molecule has 1 N–H and O–H groups in total. The van der Waals surface area contributed by atoms with E-state index in [1.54, 1.807) is 23.7 Å². The molecule has 1 aliphatic heterocycles. The van der Waals surface area contributed by atoms with Gasteiger partial charge in [0, 0.05) is 36.7 Å².